The molecule has 0 aliphatic carbocycles. The maximum Gasteiger partial charge on any atom is 0.338 e. The Labute approximate surface area is 555 Å². The third kappa shape index (κ3) is 10.4. The molecule has 15 aromatic rings. The molecule has 2 aliphatic heterocycles. The lowest BCUT2D eigenvalue weighted by Crippen LogP contribution is -2.61. The molecule has 10 nitrogen and oxygen atoms in total. The van der Waals surface area contributed by atoms with Crippen molar-refractivity contribution in [2.75, 3.05) is 9.80 Å². The number of benzene rings is 13. The molecule has 0 saturated carbocycles. The van der Waals surface area contributed by atoms with Crippen molar-refractivity contribution in [3.05, 3.63) is 344 Å². The molecule has 454 valence electrons. The molecule has 0 fully saturated rings. The zero-order valence-corrected chi connectivity index (χ0v) is 51.9. The van der Waals surface area contributed by atoms with E-state index in [1.54, 1.807) is 0 Å². The Bertz CT molecular complexity index is 5330. The number of rotatable bonds is 14. The predicted octanol–water partition coefficient (Wildman–Crippen LogP) is 18.1. The summed E-state index contributed by atoms with van der Waals surface area (Å²) in [6.45, 7) is 0.238. The Balaban J connectivity index is 0.830. The molecule has 11 heteroatoms. The van der Waals surface area contributed by atoms with Crippen LogP contribution in [0.4, 0.5) is 34.1 Å². The topological polar surface area (TPSA) is 103 Å². The molecule has 17 rings (SSSR count). The Morgan fingerprint density at radius 1 is 0.323 bits per heavy atom. The lowest BCUT2D eigenvalue weighted by Gasteiger charge is -2.44. The van der Waals surface area contributed by atoms with E-state index in [1.807, 2.05) is 158 Å². The quantitative estimate of drug-likeness (QED) is 0.0778. The number of carbonyl (C=O) groups is 2. The van der Waals surface area contributed by atoms with Gasteiger partial charge in [0.1, 0.15) is 13.2 Å². The monoisotopic (exact) mass is 1240 g/mol. The van der Waals surface area contributed by atoms with Gasteiger partial charge in [-0.3, -0.25) is 0 Å². The first-order chi connectivity index (χ1) is 47.4. The minimum absolute atomic E-state index is 0.0125. The van der Waals surface area contributed by atoms with E-state index >= 15 is 0 Å². The fraction of sp³-hybridized carbons (Fsp3) is 0.0235. The lowest BCUT2D eigenvalue weighted by molar-refractivity contribution is 0.0464. The van der Waals surface area contributed by atoms with E-state index in [1.165, 1.54) is 22.1 Å². The van der Waals surface area contributed by atoms with E-state index in [0.717, 1.165) is 106 Å². The summed E-state index contributed by atoms with van der Waals surface area (Å²) in [7, 11) is 0. The predicted molar refractivity (Wildman–Crippen MR) is 386 cm³/mol. The van der Waals surface area contributed by atoms with Crippen LogP contribution in [0.5, 0.6) is 0 Å². The number of aromatic nitrogens is 4. The molecule has 2 aliphatic rings. The number of hydrogen-bond donors (Lipinski definition) is 0. The second kappa shape index (κ2) is 24.4. The zero-order chi connectivity index (χ0) is 64.1. The van der Waals surface area contributed by atoms with Crippen LogP contribution in [-0.4, -0.2) is 38.2 Å². The van der Waals surface area contributed by atoms with Crippen LogP contribution < -0.4 is 26.2 Å². The summed E-state index contributed by atoms with van der Waals surface area (Å²) in [5.41, 5.74) is 21.8. The molecule has 0 atom stereocenters. The summed E-state index contributed by atoms with van der Waals surface area (Å²) in [6, 6.07) is 110. The summed E-state index contributed by atoms with van der Waals surface area (Å²) in [5, 5.41) is 1.49. The third-order valence-corrected chi connectivity index (χ3v) is 18.3. The van der Waals surface area contributed by atoms with Gasteiger partial charge in [-0.25, -0.2) is 24.5 Å². The molecule has 2 aromatic heterocycles. The third-order valence-electron chi connectivity index (χ3n) is 18.3. The number of fused-ring (bicyclic) bond motifs is 7. The smallest absolute Gasteiger partial charge is 0.338 e. The second-order valence-electron chi connectivity index (χ2n) is 24.1. The van der Waals surface area contributed by atoms with Gasteiger partial charge in [0.2, 0.25) is 0 Å². The number of hydrogen-bond acceptors (Lipinski definition) is 9. The molecule has 0 N–H and O–H groups in total. The zero-order valence-electron chi connectivity index (χ0n) is 51.9. The molecular formula is C85H57BN6O4. The van der Waals surface area contributed by atoms with E-state index in [4.69, 9.17) is 24.4 Å². The van der Waals surface area contributed by atoms with Crippen molar-refractivity contribution in [2.45, 2.75) is 13.2 Å². The van der Waals surface area contributed by atoms with Gasteiger partial charge < -0.3 is 23.8 Å². The highest BCUT2D eigenvalue weighted by Crippen LogP contribution is 2.46. The van der Waals surface area contributed by atoms with Gasteiger partial charge in [-0.15, -0.1) is 0 Å². The van der Waals surface area contributed by atoms with Crippen LogP contribution in [0.3, 0.4) is 0 Å². The Morgan fingerprint density at radius 2 is 0.740 bits per heavy atom. The summed E-state index contributed by atoms with van der Waals surface area (Å²) < 4.78 is 14.1. The minimum atomic E-state index is -0.467. The van der Waals surface area contributed by atoms with Crippen molar-refractivity contribution in [3.8, 4) is 62.1 Å². The van der Waals surface area contributed by atoms with Crippen LogP contribution in [0.2, 0.25) is 0 Å². The van der Waals surface area contributed by atoms with E-state index in [-0.39, 0.29) is 19.9 Å². The van der Waals surface area contributed by atoms with E-state index in [9.17, 15) is 9.59 Å². The van der Waals surface area contributed by atoms with Gasteiger partial charge in [-0.05, 0) is 153 Å². The van der Waals surface area contributed by atoms with Crippen molar-refractivity contribution < 1.29 is 19.1 Å². The van der Waals surface area contributed by atoms with Crippen molar-refractivity contribution in [2.24, 2.45) is 0 Å². The first-order valence-electron chi connectivity index (χ1n) is 32.1. The van der Waals surface area contributed by atoms with E-state index < -0.39 is 11.9 Å². The average molecular weight is 1240 g/mol. The van der Waals surface area contributed by atoms with Crippen LogP contribution in [0.15, 0.2) is 322 Å². The van der Waals surface area contributed by atoms with Gasteiger partial charge in [-0.1, -0.05) is 212 Å². The molecule has 0 saturated heterocycles. The summed E-state index contributed by atoms with van der Waals surface area (Å²) in [4.78, 5) is 48.5. The van der Waals surface area contributed by atoms with Crippen molar-refractivity contribution in [1.82, 2.24) is 19.5 Å². The summed E-state index contributed by atoms with van der Waals surface area (Å²) >= 11 is 0. The highest BCUT2D eigenvalue weighted by atomic mass is 16.5. The van der Waals surface area contributed by atoms with Crippen molar-refractivity contribution in [1.29, 1.82) is 0 Å². The summed E-state index contributed by atoms with van der Waals surface area (Å²) in [6.07, 6.45) is 0. The minimum Gasteiger partial charge on any atom is -0.457 e. The molecule has 4 heterocycles. The SMILES string of the molecule is O=C(OCc1ccccc1)c1ccc2c(c1)c1cc(C(=O)OCc3ccccc3)ccc1n2-c1ccc(-c2nc(-c3ccccc3)nc(-c3ccccc3)n2)cc1-c1cccc(-c2cccc(N3c4ccccc4B4c5ccccc5N(c5ccccc5)c5cccc3c54)c2)c1. The fourth-order valence-electron chi connectivity index (χ4n) is 13.8. The van der Waals surface area contributed by atoms with Gasteiger partial charge >= 0.3 is 11.9 Å². The molecule has 0 radical (unpaired) electrons. The second-order valence-corrected chi connectivity index (χ2v) is 24.1. The maximum atomic E-state index is 14.1. The van der Waals surface area contributed by atoms with Crippen molar-refractivity contribution in [3.63, 3.8) is 0 Å². The Hall–Kier alpha value is -12.7. The van der Waals surface area contributed by atoms with Crippen LogP contribution in [-0.2, 0) is 22.7 Å². The lowest BCUT2D eigenvalue weighted by atomic mass is 9.33. The van der Waals surface area contributed by atoms with Crippen LogP contribution in [0.1, 0.15) is 31.8 Å². The van der Waals surface area contributed by atoms with Gasteiger partial charge in [0, 0.05) is 67.2 Å². The van der Waals surface area contributed by atoms with Gasteiger partial charge in [-0.2, -0.15) is 0 Å². The van der Waals surface area contributed by atoms with Crippen LogP contribution in [0, 0.1) is 0 Å². The van der Waals surface area contributed by atoms with Gasteiger partial charge in [0.25, 0.3) is 6.71 Å². The molecule has 13 aromatic carbocycles. The molecule has 0 unspecified atom stereocenters. The van der Waals surface area contributed by atoms with Crippen LogP contribution in [0.25, 0.3) is 83.9 Å². The number of nitrogens with zero attached hydrogens (tertiary/aromatic N) is 6. The maximum absolute atomic E-state index is 14.1. The first-order valence-corrected chi connectivity index (χ1v) is 32.1. The number of carbonyl (C=O) groups excluding carboxylic acids is 2. The number of para-hydroxylation sites is 3. The highest BCUT2D eigenvalue weighted by Gasteiger charge is 2.43. The normalized spacial score (nSPS) is 12.1. The molecule has 0 spiro atoms. The largest absolute Gasteiger partial charge is 0.457 e. The molecule has 96 heavy (non-hydrogen) atoms. The molecular weight excluding hydrogens is 1180 g/mol. The highest BCUT2D eigenvalue weighted by molar-refractivity contribution is 7.00. The first kappa shape index (κ1) is 57.2. The standard InChI is InChI=1S/C85H57BN6O4/c93-84(95-54-56-23-6-1-7-24-56)64-44-47-74-69(52-64)70-53-65(85(94)96-55-57-25-8-2-9-26-57)45-48-75(70)92(74)73-46-43-63(83-88-81(58-27-10-3-11-28-58)87-82(89-83)59-29-12-4-13-30-59)51-68(73)62-33-20-31-60(49-62)61-32-21-36-67(50-61)91-77-40-19-17-38-72(77)86-71-37-16-18-39-76(71)90(66-34-14-5-15-35-66)78-41-22-42-79(91)80(78)86/h1-53H,54-55H2. The summed E-state index contributed by atoms with van der Waals surface area (Å²) in [5.74, 6) is 0.663. The average Bonchev–Trinajstić information content (AvgIpc) is 0.829. The molecule has 0 bridgehead atoms. The Morgan fingerprint density at radius 3 is 1.29 bits per heavy atom. The number of ether oxygens (including phenoxy) is 2. The number of esters is 2. The fourth-order valence-corrected chi connectivity index (χ4v) is 13.8. The van der Waals surface area contributed by atoms with Crippen molar-refractivity contribution >= 4 is 91.0 Å². The molecule has 0 amide bonds. The van der Waals surface area contributed by atoms with Gasteiger partial charge in [0.05, 0.1) is 27.8 Å². The van der Waals surface area contributed by atoms with Crippen LogP contribution >= 0.6 is 0 Å². The van der Waals surface area contributed by atoms with E-state index in [0.29, 0.717) is 28.6 Å². The van der Waals surface area contributed by atoms with E-state index in [2.05, 4.69) is 178 Å². The number of anilines is 6. The van der Waals surface area contributed by atoms with Gasteiger partial charge in [0.15, 0.2) is 17.5 Å². The Kier molecular flexibility index (Phi) is 14.5.